The van der Waals surface area contributed by atoms with Crippen LogP contribution in [0.5, 0.6) is 0 Å². The number of amides is 1. The van der Waals surface area contributed by atoms with Gasteiger partial charge in [-0.25, -0.2) is 9.97 Å². The minimum absolute atomic E-state index is 0.0785. The van der Waals surface area contributed by atoms with E-state index in [0.717, 1.165) is 54.3 Å². The number of aromatic nitrogens is 2. The second kappa shape index (κ2) is 8.47. The highest BCUT2D eigenvalue weighted by molar-refractivity contribution is 7.19. The van der Waals surface area contributed by atoms with E-state index >= 15 is 0 Å². The Bertz CT molecular complexity index is 1290. The summed E-state index contributed by atoms with van der Waals surface area (Å²) < 4.78 is 39.3. The van der Waals surface area contributed by atoms with Crippen molar-refractivity contribution in [1.29, 1.82) is 0 Å². The highest BCUT2D eigenvalue weighted by Crippen LogP contribution is 2.45. The number of anilines is 1. The predicted octanol–water partition coefficient (Wildman–Crippen LogP) is 5.67. The van der Waals surface area contributed by atoms with Crippen LogP contribution in [-0.4, -0.2) is 47.0 Å². The Morgan fingerprint density at radius 3 is 2.57 bits per heavy atom. The number of fused-ring (bicyclic) bond motifs is 3. The molecule has 1 amide bonds. The molecule has 2 aliphatic carbocycles. The molecule has 5 nitrogen and oxygen atoms in total. The van der Waals surface area contributed by atoms with Crippen molar-refractivity contribution in [3.8, 4) is 0 Å². The van der Waals surface area contributed by atoms with Crippen LogP contribution in [0.3, 0.4) is 0 Å². The molecule has 2 fully saturated rings. The van der Waals surface area contributed by atoms with Crippen molar-refractivity contribution in [2.45, 2.75) is 51.1 Å². The van der Waals surface area contributed by atoms with E-state index in [9.17, 15) is 18.0 Å². The Kier molecular flexibility index (Phi) is 5.51. The van der Waals surface area contributed by atoms with Gasteiger partial charge in [0.25, 0.3) is 5.91 Å². The lowest BCUT2D eigenvalue weighted by Gasteiger charge is -2.36. The lowest BCUT2D eigenvalue weighted by atomic mass is 9.89. The molecule has 6 rings (SSSR count). The first kappa shape index (κ1) is 22.8. The monoisotopic (exact) mass is 500 g/mol. The molecule has 1 aromatic carbocycles. The molecule has 0 bridgehead atoms. The van der Waals surface area contributed by atoms with Gasteiger partial charge in [-0.05, 0) is 61.8 Å². The van der Waals surface area contributed by atoms with Gasteiger partial charge in [-0.1, -0.05) is 13.0 Å². The Labute approximate surface area is 206 Å². The first-order valence-electron chi connectivity index (χ1n) is 12.3. The molecule has 1 saturated heterocycles. The van der Waals surface area contributed by atoms with E-state index in [-0.39, 0.29) is 11.5 Å². The third-order valence-electron chi connectivity index (χ3n) is 7.40. The lowest BCUT2D eigenvalue weighted by molar-refractivity contribution is -0.137. The number of carbonyl (C=O) groups excluding carboxylic acids is 1. The molecular formula is C26H27F3N4OS. The number of hydrogen-bond donors (Lipinski definition) is 0. The van der Waals surface area contributed by atoms with Gasteiger partial charge in [-0.3, -0.25) is 4.79 Å². The summed E-state index contributed by atoms with van der Waals surface area (Å²) in [6.45, 7) is 4.39. The maximum absolute atomic E-state index is 13.1. The number of aryl methyl sites for hydroxylation is 1. The smallest absolute Gasteiger partial charge is 0.352 e. The zero-order valence-corrected chi connectivity index (χ0v) is 20.4. The highest BCUT2D eigenvalue weighted by Gasteiger charge is 2.34. The molecule has 3 aliphatic rings. The van der Waals surface area contributed by atoms with Crippen molar-refractivity contribution >= 4 is 33.3 Å². The fourth-order valence-electron chi connectivity index (χ4n) is 5.22. The molecule has 9 heteroatoms. The topological polar surface area (TPSA) is 49.3 Å². The second-order valence-corrected chi connectivity index (χ2v) is 11.2. The average molecular weight is 501 g/mol. The summed E-state index contributed by atoms with van der Waals surface area (Å²) in [4.78, 5) is 29.4. The molecule has 0 radical (unpaired) electrons. The molecule has 0 N–H and O–H groups in total. The Hall–Kier alpha value is -2.68. The van der Waals surface area contributed by atoms with Crippen molar-refractivity contribution in [2.75, 3.05) is 31.1 Å². The summed E-state index contributed by atoms with van der Waals surface area (Å²) in [6, 6.07) is 4.69. The van der Waals surface area contributed by atoms with Crippen LogP contribution < -0.4 is 4.90 Å². The van der Waals surface area contributed by atoms with Crippen molar-refractivity contribution in [1.82, 2.24) is 14.9 Å². The number of nitrogens with zero attached hydrogens (tertiary/aromatic N) is 4. The molecular weight excluding hydrogens is 473 g/mol. The SMILES string of the molecule is C[C@H]1CCc2c(sc3nc(C4CC4)nc(N4CCN(C(=O)c5cccc(C(F)(F)F)c5)CC4)c23)C1. The number of thiophene rings is 1. The summed E-state index contributed by atoms with van der Waals surface area (Å²) in [5, 5.41) is 1.18. The molecule has 2 aromatic heterocycles. The van der Waals surface area contributed by atoms with E-state index in [2.05, 4.69) is 11.8 Å². The summed E-state index contributed by atoms with van der Waals surface area (Å²) in [5.74, 6) is 2.68. The van der Waals surface area contributed by atoms with Crippen LogP contribution in [0.1, 0.15) is 64.3 Å². The maximum Gasteiger partial charge on any atom is 0.416 e. The molecule has 184 valence electrons. The van der Waals surface area contributed by atoms with Crippen LogP contribution in [0.4, 0.5) is 19.0 Å². The number of hydrogen-bond acceptors (Lipinski definition) is 5. The van der Waals surface area contributed by atoms with Crippen LogP contribution >= 0.6 is 11.3 Å². The van der Waals surface area contributed by atoms with Crippen molar-refractivity contribution in [3.05, 3.63) is 51.7 Å². The van der Waals surface area contributed by atoms with Gasteiger partial charge in [-0.15, -0.1) is 11.3 Å². The molecule has 3 heterocycles. The van der Waals surface area contributed by atoms with Gasteiger partial charge >= 0.3 is 6.18 Å². The van der Waals surface area contributed by atoms with Gasteiger partial charge in [-0.2, -0.15) is 13.2 Å². The number of halogens is 3. The Morgan fingerprint density at radius 1 is 1.09 bits per heavy atom. The number of alkyl halides is 3. The van der Waals surface area contributed by atoms with Gasteiger partial charge < -0.3 is 9.80 Å². The van der Waals surface area contributed by atoms with E-state index < -0.39 is 11.7 Å². The van der Waals surface area contributed by atoms with Crippen LogP contribution in [0.2, 0.25) is 0 Å². The second-order valence-electron chi connectivity index (χ2n) is 10.1. The molecule has 35 heavy (non-hydrogen) atoms. The first-order chi connectivity index (χ1) is 16.8. The highest BCUT2D eigenvalue weighted by atomic mass is 32.1. The van der Waals surface area contributed by atoms with E-state index in [1.807, 2.05) is 11.3 Å². The minimum Gasteiger partial charge on any atom is -0.352 e. The van der Waals surface area contributed by atoms with Crippen molar-refractivity contribution in [2.24, 2.45) is 5.92 Å². The fourth-order valence-corrected chi connectivity index (χ4v) is 6.61. The summed E-state index contributed by atoms with van der Waals surface area (Å²) in [5.41, 5.74) is 0.673. The number of carbonyl (C=O) groups is 1. The third kappa shape index (κ3) is 4.28. The summed E-state index contributed by atoms with van der Waals surface area (Å²) in [6.07, 6.45) is 1.10. The van der Waals surface area contributed by atoms with Crippen LogP contribution in [0, 0.1) is 5.92 Å². The molecule has 0 spiro atoms. The number of piperazine rings is 1. The average Bonchev–Trinajstić information content (AvgIpc) is 3.63. The lowest BCUT2D eigenvalue weighted by Crippen LogP contribution is -2.49. The first-order valence-corrected chi connectivity index (χ1v) is 13.1. The van der Waals surface area contributed by atoms with Crippen LogP contribution in [0.25, 0.3) is 10.2 Å². The van der Waals surface area contributed by atoms with E-state index in [1.54, 1.807) is 4.90 Å². The molecule has 1 atom stereocenters. The Balaban J connectivity index is 1.26. The van der Waals surface area contributed by atoms with Gasteiger partial charge in [0.1, 0.15) is 16.5 Å². The van der Waals surface area contributed by atoms with Gasteiger partial charge in [0.2, 0.25) is 0 Å². The largest absolute Gasteiger partial charge is 0.416 e. The van der Waals surface area contributed by atoms with Gasteiger partial charge in [0.15, 0.2) is 0 Å². The predicted molar refractivity (Wildman–Crippen MR) is 130 cm³/mol. The van der Waals surface area contributed by atoms with Crippen LogP contribution in [-0.2, 0) is 19.0 Å². The van der Waals surface area contributed by atoms with Crippen molar-refractivity contribution < 1.29 is 18.0 Å². The quantitative estimate of drug-likeness (QED) is 0.465. The van der Waals surface area contributed by atoms with E-state index in [0.29, 0.717) is 38.0 Å². The molecule has 1 aliphatic heterocycles. The third-order valence-corrected chi connectivity index (χ3v) is 8.55. The molecule has 3 aromatic rings. The summed E-state index contributed by atoms with van der Waals surface area (Å²) >= 11 is 1.81. The maximum atomic E-state index is 13.1. The zero-order chi connectivity index (χ0) is 24.3. The van der Waals surface area contributed by atoms with Crippen molar-refractivity contribution in [3.63, 3.8) is 0 Å². The fraction of sp³-hybridized carbons (Fsp3) is 0.500. The normalized spacial score (nSPS) is 20.9. The molecule has 0 unspecified atom stereocenters. The minimum atomic E-state index is -4.47. The standard InChI is InChI=1S/C26H27F3N4OS/c1-15-5-8-19-20(13-15)35-24-21(19)23(30-22(31-24)16-6-7-16)32-9-11-33(12-10-32)25(34)17-3-2-4-18(14-17)26(27,28)29/h2-4,14-16H,5-13H2,1H3/t15-/m0/s1. The Morgan fingerprint density at radius 2 is 1.86 bits per heavy atom. The van der Waals surface area contributed by atoms with E-state index in [4.69, 9.17) is 9.97 Å². The molecule has 1 saturated carbocycles. The van der Waals surface area contributed by atoms with Crippen LogP contribution in [0.15, 0.2) is 24.3 Å². The number of benzene rings is 1. The van der Waals surface area contributed by atoms with Gasteiger partial charge in [0.05, 0.1) is 10.9 Å². The number of rotatable bonds is 3. The van der Waals surface area contributed by atoms with E-state index in [1.165, 1.54) is 34.4 Å². The summed E-state index contributed by atoms with van der Waals surface area (Å²) in [7, 11) is 0. The zero-order valence-electron chi connectivity index (χ0n) is 19.6. The van der Waals surface area contributed by atoms with Gasteiger partial charge in [0, 0.05) is 42.5 Å².